The van der Waals surface area contributed by atoms with Crippen LogP contribution in [0.4, 0.5) is 11.4 Å². The Kier molecular flexibility index (Phi) is 5.27. The number of ether oxygens (including phenoxy) is 3. The number of carbonyl (C=O) groups excluding carboxylic acids is 3. The first-order chi connectivity index (χ1) is 20.8. The van der Waals surface area contributed by atoms with Gasteiger partial charge in [-0.1, -0.05) is 42.5 Å². The van der Waals surface area contributed by atoms with E-state index in [9.17, 15) is 24.5 Å². The molecular formula is C33H22N2O8. The maximum Gasteiger partial charge on any atom is 0.319 e. The molecule has 2 amide bonds. The zero-order valence-corrected chi connectivity index (χ0v) is 22.7. The number of imide groups is 1. The zero-order valence-electron chi connectivity index (χ0n) is 22.7. The van der Waals surface area contributed by atoms with Crippen molar-refractivity contribution in [1.82, 2.24) is 0 Å². The van der Waals surface area contributed by atoms with Crippen molar-refractivity contribution in [2.24, 2.45) is 17.8 Å². The van der Waals surface area contributed by atoms with E-state index < -0.39 is 46.4 Å². The number of carbonyl (C=O) groups is 3. The van der Waals surface area contributed by atoms with Gasteiger partial charge in [0.1, 0.15) is 5.75 Å². The third-order valence-corrected chi connectivity index (χ3v) is 8.90. The van der Waals surface area contributed by atoms with Gasteiger partial charge in [0, 0.05) is 23.6 Å². The van der Waals surface area contributed by atoms with Crippen LogP contribution in [0.15, 0.2) is 78.9 Å². The number of aryl methyl sites for hydroxylation is 1. The maximum atomic E-state index is 14.4. The average Bonchev–Trinajstić information content (AvgIpc) is 3.58. The van der Waals surface area contributed by atoms with Crippen molar-refractivity contribution in [3.05, 3.63) is 106 Å². The molecule has 1 saturated heterocycles. The van der Waals surface area contributed by atoms with E-state index in [1.165, 1.54) is 18.2 Å². The standard InChI is InChI=1S/C33H22N2O8/c1-16-12-19(35(39)40)8-9-23(16)34-31(36)28-21(18-7-10-24-26(13-18)42-15-41-24)14-22-27-20-5-3-2-4-17(20)6-11-25(27)43-33(38)29(22)30(28)32(34)37/h2-14,21,28-30H,15H2,1H3/t21-,28+,29-,30+/m1/s1. The summed E-state index contributed by atoms with van der Waals surface area (Å²) in [7, 11) is 0. The van der Waals surface area contributed by atoms with Crippen LogP contribution in [-0.2, 0) is 14.4 Å². The molecule has 0 spiro atoms. The van der Waals surface area contributed by atoms with Crippen LogP contribution in [0.2, 0.25) is 0 Å². The molecule has 0 bridgehead atoms. The Morgan fingerprint density at radius 2 is 1.63 bits per heavy atom. The summed E-state index contributed by atoms with van der Waals surface area (Å²) in [6.45, 7) is 1.69. The summed E-state index contributed by atoms with van der Waals surface area (Å²) in [5.74, 6) is -3.73. The van der Waals surface area contributed by atoms with Gasteiger partial charge in [-0.05, 0) is 58.7 Å². The van der Waals surface area contributed by atoms with E-state index in [2.05, 4.69) is 0 Å². The van der Waals surface area contributed by atoms with E-state index in [1.54, 1.807) is 19.1 Å². The van der Waals surface area contributed by atoms with Gasteiger partial charge < -0.3 is 14.2 Å². The molecule has 0 radical (unpaired) electrons. The number of non-ortho nitro benzene ring substituents is 1. The zero-order chi connectivity index (χ0) is 29.6. The molecule has 4 aromatic carbocycles. The molecule has 43 heavy (non-hydrogen) atoms. The Hall–Kier alpha value is -5.51. The number of hydrogen-bond acceptors (Lipinski definition) is 8. The van der Waals surface area contributed by atoms with E-state index in [1.807, 2.05) is 48.5 Å². The van der Waals surface area contributed by atoms with Crippen molar-refractivity contribution in [3.8, 4) is 17.2 Å². The highest BCUT2D eigenvalue weighted by Crippen LogP contribution is 2.56. The minimum absolute atomic E-state index is 0.0779. The van der Waals surface area contributed by atoms with E-state index in [4.69, 9.17) is 14.2 Å². The summed E-state index contributed by atoms with van der Waals surface area (Å²) in [4.78, 5) is 54.3. The highest BCUT2D eigenvalue weighted by atomic mass is 16.7. The molecule has 1 aliphatic carbocycles. The summed E-state index contributed by atoms with van der Waals surface area (Å²) < 4.78 is 17.0. The Morgan fingerprint density at radius 3 is 2.44 bits per heavy atom. The molecule has 4 atom stereocenters. The van der Waals surface area contributed by atoms with E-state index in [-0.39, 0.29) is 18.2 Å². The lowest BCUT2D eigenvalue weighted by atomic mass is 9.64. The van der Waals surface area contributed by atoms with Gasteiger partial charge in [0.05, 0.1) is 28.4 Å². The topological polar surface area (TPSA) is 125 Å². The van der Waals surface area contributed by atoms with Crippen molar-refractivity contribution < 1.29 is 33.5 Å². The number of allylic oxidation sites excluding steroid dienone is 1. The normalized spacial score (nSPS) is 23.4. The predicted octanol–water partition coefficient (Wildman–Crippen LogP) is 5.31. The smallest absolute Gasteiger partial charge is 0.319 e. The minimum atomic E-state index is -1.06. The molecule has 3 aliphatic heterocycles. The van der Waals surface area contributed by atoms with Gasteiger partial charge in [0.15, 0.2) is 11.5 Å². The van der Waals surface area contributed by atoms with Crippen molar-refractivity contribution in [2.75, 3.05) is 11.7 Å². The quantitative estimate of drug-likeness (QED) is 0.106. The summed E-state index contributed by atoms with van der Waals surface area (Å²) in [6.07, 6.45) is 1.92. The van der Waals surface area contributed by atoms with Gasteiger partial charge in [-0.2, -0.15) is 0 Å². The van der Waals surface area contributed by atoms with Gasteiger partial charge in [0.2, 0.25) is 18.6 Å². The van der Waals surface area contributed by atoms with Crippen LogP contribution in [0.1, 0.15) is 22.6 Å². The number of nitrogens with zero attached hydrogens (tertiary/aromatic N) is 2. The highest BCUT2D eigenvalue weighted by molar-refractivity contribution is 6.25. The molecule has 10 heteroatoms. The Morgan fingerprint density at radius 1 is 0.860 bits per heavy atom. The van der Waals surface area contributed by atoms with Gasteiger partial charge in [0.25, 0.3) is 5.69 Å². The average molecular weight is 575 g/mol. The van der Waals surface area contributed by atoms with Gasteiger partial charge in [-0.3, -0.25) is 24.5 Å². The van der Waals surface area contributed by atoms with E-state index in [0.29, 0.717) is 28.4 Å². The molecular weight excluding hydrogens is 552 g/mol. The van der Waals surface area contributed by atoms with Crippen molar-refractivity contribution in [2.45, 2.75) is 12.8 Å². The molecule has 0 saturated carbocycles. The first-order valence-electron chi connectivity index (χ1n) is 13.8. The third kappa shape index (κ3) is 3.56. The second-order valence-corrected chi connectivity index (χ2v) is 11.1. The molecule has 0 aromatic heterocycles. The third-order valence-electron chi connectivity index (χ3n) is 8.90. The van der Waals surface area contributed by atoms with Crippen LogP contribution in [0.5, 0.6) is 17.2 Å². The number of nitro benzene ring substituents is 1. The summed E-state index contributed by atoms with van der Waals surface area (Å²) >= 11 is 0. The number of amides is 2. The number of nitro groups is 1. The van der Waals surface area contributed by atoms with Crippen LogP contribution in [-0.4, -0.2) is 29.5 Å². The monoisotopic (exact) mass is 574 g/mol. The molecule has 4 aliphatic rings. The molecule has 212 valence electrons. The van der Waals surface area contributed by atoms with E-state index in [0.717, 1.165) is 26.8 Å². The van der Waals surface area contributed by atoms with E-state index >= 15 is 0 Å². The summed E-state index contributed by atoms with van der Waals surface area (Å²) in [5, 5.41) is 13.2. The maximum absolute atomic E-state index is 14.4. The molecule has 4 aromatic rings. The second kappa shape index (κ2) is 8.99. The summed E-state index contributed by atoms with van der Waals surface area (Å²) in [6, 6.07) is 20.8. The van der Waals surface area contributed by atoms with Gasteiger partial charge in [-0.25, -0.2) is 4.90 Å². The van der Waals surface area contributed by atoms with Crippen LogP contribution in [0.3, 0.4) is 0 Å². The molecule has 3 heterocycles. The second-order valence-electron chi connectivity index (χ2n) is 11.1. The first kappa shape index (κ1) is 25.2. The molecule has 8 rings (SSSR count). The van der Waals surface area contributed by atoms with Crippen molar-refractivity contribution in [3.63, 3.8) is 0 Å². The van der Waals surface area contributed by atoms with Crippen LogP contribution >= 0.6 is 0 Å². The van der Waals surface area contributed by atoms with Crippen LogP contribution < -0.4 is 19.1 Å². The molecule has 0 unspecified atom stereocenters. The van der Waals surface area contributed by atoms with Crippen molar-refractivity contribution >= 4 is 45.5 Å². The van der Waals surface area contributed by atoms with Crippen LogP contribution in [0.25, 0.3) is 16.3 Å². The lowest BCUT2D eigenvalue weighted by Gasteiger charge is -2.38. The Balaban J connectivity index is 1.34. The van der Waals surface area contributed by atoms with Crippen LogP contribution in [0, 0.1) is 34.8 Å². The highest BCUT2D eigenvalue weighted by Gasteiger charge is 2.60. The largest absolute Gasteiger partial charge is 0.454 e. The number of fused-ring (bicyclic) bond motifs is 8. The lowest BCUT2D eigenvalue weighted by Crippen LogP contribution is -2.42. The van der Waals surface area contributed by atoms with Gasteiger partial charge >= 0.3 is 5.97 Å². The Bertz CT molecular complexity index is 1980. The molecule has 0 N–H and O–H groups in total. The minimum Gasteiger partial charge on any atom is -0.454 e. The first-order valence-corrected chi connectivity index (χ1v) is 13.8. The Labute approximate surface area is 244 Å². The number of hydrogen-bond donors (Lipinski definition) is 0. The predicted molar refractivity (Wildman–Crippen MR) is 154 cm³/mol. The number of rotatable bonds is 3. The van der Waals surface area contributed by atoms with Crippen molar-refractivity contribution in [1.29, 1.82) is 0 Å². The molecule has 1 fully saturated rings. The molecule has 10 nitrogen and oxygen atoms in total. The number of esters is 1. The number of anilines is 1. The fraction of sp³-hybridized carbons (Fsp3) is 0.182. The summed E-state index contributed by atoms with van der Waals surface area (Å²) in [5.41, 5.74) is 2.57. The SMILES string of the molecule is Cc1cc([N+](=O)[O-])ccc1N1C(=O)[C@@H]2[C@@H]3C(=O)Oc4ccc5ccccc5c4C3=C[C@H](c3ccc4c(c3)OCO4)[C@@H]2C1=O. The fourth-order valence-electron chi connectivity index (χ4n) is 7.02. The number of benzene rings is 4. The fourth-order valence-corrected chi connectivity index (χ4v) is 7.02. The van der Waals surface area contributed by atoms with Gasteiger partial charge in [-0.15, -0.1) is 0 Å². The lowest BCUT2D eigenvalue weighted by molar-refractivity contribution is -0.384.